The number of benzene rings is 1. The Hall–Kier alpha value is -1.35. The van der Waals surface area contributed by atoms with Crippen LogP contribution in [0.1, 0.15) is 34.7 Å². The Morgan fingerprint density at radius 1 is 1.24 bits per heavy atom. The van der Waals surface area contributed by atoms with E-state index < -0.39 is 5.97 Å². The Morgan fingerprint density at radius 2 is 1.71 bits per heavy atom. The lowest BCUT2D eigenvalue weighted by Gasteiger charge is -2.26. The first-order valence-electron chi connectivity index (χ1n) is 5.79. The Balaban J connectivity index is 3.23. The topological polar surface area (TPSA) is 40.5 Å². The molecular weight excluding hydrogens is 214 g/mol. The quantitative estimate of drug-likeness (QED) is 0.872. The third-order valence-electron chi connectivity index (χ3n) is 3.06. The van der Waals surface area contributed by atoms with Crippen molar-refractivity contribution in [3.8, 4) is 0 Å². The molecule has 0 aliphatic rings. The number of carbonyl (C=O) groups is 1. The van der Waals surface area contributed by atoms with Crippen LogP contribution in [0, 0.1) is 20.8 Å². The minimum Gasteiger partial charge on any atom is -0.481 e. The fourth-order valence-corrected chi connectivity index (χ4v) is 2.43. The molecule has 1 rings (SSSR count). The number of carboxylic acids is 1. The number of nitrogens with zero attached hydrogens (tertiary/aromatic N) is 1. The van der Waals surface area contributed by atoms with Crippen molar-refractivity contribution in [2.75, 3.05) is 14.1 Å². The summed E-state index contributed by atoms with van der Waals surface area (Å²) < 4.78 is 0. The Labute approximate surface area is 103 Å². The average molecular weight is 235 g/mol. The molecule has 0 aliphatic carbocycles. The molecule has 0 bridgehead atoms. The highest BCUT2D eigenvalue weighted by molar-refractivity contribution is 5.68. The van der Waals surface area contributed by atoms with Crippen LogP contribution in [0.15, 0.2) is 12.1 Å². The molecule has 94 valence electrons. The fourth-order valence-electron chi connectivity index (χ4n) is 2.43. The SMILES string of the molecule is Cc1cc(C)c(C(CC(=O)O)N(C)C)c(C)c1. The van der Waals surface area contributed by atoms with Gasteiger partial charge in [-0.05, 0) is 51.6 Å². The molecule has 1 atom stereocenters. The summed E-state index contributed by atoms with van der Waals surface area (Å²) in [5.74, 6) is -0.761. The second-order valence-electron chi connectivity index (χ2n) is 4.89. The van der Waals surface area contributed by atoms with Crippen LogP contribution in [0.4, 0.5) is 0 Å². The van der Waals surface area contributed by atoms with Crippen molar-refractivity contribution in [3.63, 3.8) is 0 Å². The van der Waals surface area contributed by atoms with Gasteiger partial charge in [0, 0.05) is 6.04 Å². The van der Waals surface area contributed by atoms with E-state index in [-0.39, 0.29) is 12.5 Å². The monoisotopic (exact) mass is 235 g/mol. The van der Waals surface area contributed by atoms with E-state index in [4.69, 9.17) is 5.11 Å². The van der Waals surface area contributed by atoms with E-state index >= 15 is 0 Å². The highest BCUT2D eigenvalue weighted by Crippen LogP contribution is 2.29. The van der Waals surface area contributed by atoms with Gasteiger partial charge in [0.05, 0.1) is 6.42 Å². The lowest BCUT2D eigenvalue weighted by Crippen LogP contribution is -2.24. The van der Waals surface area contributed by atoms with Gasteiger partial charge in [-0.15, -0.1) is 0 Å². The molecule has 0 amide bonds. The van der Waals surface area contributed by atoms with Crippen molar-refractivity contribution in [1.82, 2.24) is 4.90 Å². The van der Waals surface area contributed by atoms with E-state index in [9.17, 15) is 4.79 Å². The zero-order chi connectivity index (χ0) is 13.2. The summed E-state index contributed by atoms with van der Waals surface area (Å²) in [6.07, 6.45) is 0.137. The molecule has 17 heavy (non-hydrogen) atoms. The maximum Gasteiger partial charge on any atom is 0.305 e. The Kier molecular flexibility index (Phi) is 4.29. The van der Waals surface area contributed by atoms with Gasteiger partial charge in [0.1, 0.15) is 0 Å². The van der Waals surface area contributed by atoms with Crippen molar-refractivity contribution in [1.29, 1.82) is 0 Å². The summed E-state index contributed by atoms with van der Waals surface area (Å²) in [4.78, 5) is 12.9. The van der Waals surface area contributed by atoms with E-state index in [0.717, 1.165) is 5.56 Å². The van der Waals surface area contributed by atoms with E-state index in [2.05, 4.69) is 19.1 Å². The normalized spacial score (nSPS) is 12.8. The van der Waals surface area contributed by atoms with E-state index in [0.29, 0.717) is 0 Å². The van der Waals surface area contributed by atoms with Crippen LogP contribution < -0.4 is 0 Å². The molecule has 1 unspecified atom stereocenters. The molecule has 0 fully saturated rings. The van der Waals surface area contributed by atoms with Gasteiger partial charge in [0.2, 0.25) is 0 Å². The van der Waals surface area contributed by atoms with Crippen molar-refractivity contribution < 1.29 is 9.90 Å². The van der Waals surface area contributed by atoms with Crippen molar-refractivity contribution in [3.05, 3.63) is 34.4 Å². The summed E-state index contributed by atoms with van der Waals surface area (Å²) in [5.41, 5.74) is 4.70. The maximum absolute atomic E-state index is 11.0. The Morgan fingerprint density at radius 3 is 2.06 bits per heavy atom. The average Bonchev–Trinajstić information content (AvgIpc) is 2.13. The standard InChI is InChI=1S/C14H21NO2/c1-9-6-10(2)14(11(3)7-9)12(15(4)5)8-13(16)17/h6-7,12H,8H2,1-5H3,(H,16,17). The molecule has 0 spiro atoms. The largest absolute Gasteiger partial charge is 0.481 e. The first-order valence-corrected chi connectivity index (χ1v) is 5.79. The fraction of sp³-hybridized carbons (Fsp3) is 0.500. The van der Waals surface area contributed by atoms with Crippen LogP contribution in [0.2, 0.25) is 0 Å². The molecule has 0 saturated carbocycles. The molecule has 0 aromatic heterocycles. The van der Waals surface area contributed by atoms with Gasteiger partial charge >= 0.3 is 5.97 Å². The summed E-state index contributed by atoms with van der Waals surface area (Å²) >= 11 is 0. The number of aliphatic carboxylic acids is 1. The van der Waals surface area contributed by atoms with Gasteiger partial charge in [-0.2, -0.15) is 0 Å². The van der Waals surface area contributed by atoms with Crippen molar-refractivity contribution in [2.45, 2.75) is 33.2 Å². The molecule has 3 heteroatoms. The highest BCUT2D eigenvalue weighted by Gasteiger charge is 2.21. The van der Waals surface area contributed by atoms with Gasteiger partial charge in [0.25, 0.3) is 0 Å². The zero-order valence-electron chi connectivity index (χ0n) is 11.2. The smallest absolute Gasteiger partial charge is 0.305 e. The number of carboxylic acid groups (broad SMARTS) is 1. The van der Waals surface area contributed by atoms with Gasteiger partial charge in [0.15, 0.2) is 0 Å². The predicted octanol–water partition coefficient (Wildman–Crippen LogP) is 2.69. The number of aryl methyl sites for hydroxylation is 3. The third kappa shape index (κ3) is 3.30. The van der Waals surface area contributed by atoms with Crippen molar-refractivity contribution >= 4 is 5.97 Å². The van der Waals surface area contributed by atoms with E-state index in [1.165, 1.54) is 16.7 Å². The molecular formula is C14H21NO2. The van der Waals surface area contributed by atoms with Crippen molar-refractivity contribution in [2.24, 2.45) is 0 Å². The van der Waals surface area contributed by atoms with Gasteiger partial charge < -0.3 is 10.0 Å². The minimum absolute atomic E-state index is 0.0619. The Bertz CT molecular complexity index is 401. The molecule has 1 N–H and O–H groups in total. The van der Waals surface area contributed by atoms with E-state index in [1.807, 2.05) is 32.8 Å². The highest BCUT2D eigenvalue weighted by atomic mass is 16.4. The lowest BCUT2D eigenvalue weighted by atomic mass is 9.92. The minimum atomic E-state index is -0.761. The molecule has 3 nitrogen and oxygen atoms in total. The lowest BCUT2D eigenvalue weighted by molar-refractivity contribution is -0.138. The molecule has 1 aromatic carbocycles. The second kappa shape index (κ2) is 5.32. The molecule has 0 saturated heterocycles. The first-order chi connectivity index (χ1) is 7.82. The molecule has 0 heterocycles. The van der Waals surface area contributed by atoms with E-state index in [1.54, 1.807) is 0 Å². The van der Waals surface area contributed by atoms with Gasteiger partial charge in [-0.25, -0.2) is 0 Å². The number of hydrogen-bond acceptors (Lipinski definition) is 2. The number of rotatable bonds is 4. The predicted molar refractivity (Wildman–Crippen MR) is 69.3 cm³/mol. The molecule has 0 aliphatic heterocycles. The van der Waals surface area contributed by atoms with Gasteiger partial charge in [-0.1, -0.05) is 17.7 Å². The summed E-state index contributed by atoms with van der Waals surface area (Å²) in [6, 6.07) is 4.16. The van der Waals surface area contributed by atoms with Crippen LogP contribution in [0.3, 0.4) is 0 Å². The van der Waals surface area contributed by atoms with Crippen LogP contribution in [-0.2, 0) is 4.79 Å². The van der Waals surface area contributed by atoms with Gasteiger partial charge in [-0.3, -0.25) is 4.79 Å². The van der Waals surface area contributed by atoms with Crippen LogP contribution in [-0.4, -0.2) is 30.1 Å². The molecule has 1 aromatic rings. The summed E-state index contributed by atoms with van der Waals surface area (Å²) in [7, 11) is 3.85. The maximum atomic E-state index is 11.0. The number of hydrogen-bond donors (Lipinski definition) is 1. The zero-order valence-corrected chi connectivity index (χ0v) is 11.2. The van der Waals surface area contributed by atoms with Crippen LogP contribution in [0.25, 0.3) is 0 Å². The van der Waals surface area contributed by atoms with Crippen LogP contribution in [0.5, 0.6) is 0 Å². The second-order valence-corrected chi connectivity index (χ2v) is 4.89. The third-order valence-corrected chi connectivity index (χ3v) is 3.06. The summed E-state index contributed by atoms with van der Waals surface area (Å²) in [6.45, 7) is 6.16. The van der Waals surface area contributed by atoms with Crippen LogP contribution >= 0.6 is 0 Å². The molecule has 0 radical (unpaired) electrons. The first kappa shape index (κ1) is 13.7. The summed E-state index contributed by atoms with van der Waals surface area (Å²) in [5, 5.41) is 9.00.